The Bertz CT molecular complexity index is 1200. The van der Waals surface area contributed by atoms with Crippen molar-refractivity contribution < 1.29 is 14.3 Å². The average Bonchev–Trinajstić information content (AvgIpc) is 3.34. The first kappa shape index (κ1) is 25.8. The Morgan fingerprint density at radius 3 is 2.62 bits per heavy atom. The molecule has 0 saturated carbocycles. The van der Waals surface area contributed by atoms with E-state index in [1.54, 1.807) is 23.3 Å². The molecule has 10 nitrogen and oxygen atoms in total. The molecule has 0 aliphatic carbocycles. The number of aryl methyl sites for hydroxylation is 1. The summed E-state index contributed by atoms with van der Waals surface area (Å²) in [5, 5.41) is 0. The molecule has 2 saturated heterocycles. The number of carbonyl (C=O) groups is 1. The molecular weight excluding hydrogens is 490 g/mol. The third-order valence-electron chi connectivity index (χ3n) is 6.86. The quantitative estimate of drug-likeness (QED) is 0.466. The van der Waals surface area contributed by atoms with Crippen molar-refractivity contribution in [1.29, 1.82) is 0 Å². The van der Waals surface area contributed by atoms with E-state index >= 15 is 0 Å². The van der Waals surface area contributed by atoms with Crippen molar-refractivity contribution in [2.24, 2.45) is 0 Å². The number of amides is 2. The summed E-state index contributed by atoms with van der Waals surface area (Å²) in [7, 11) is 3.49. The van der Waals surface area contributed by atoms with Gasteiger partial charge in [-0.15, -0.1) is 11.3 Å². The van der Waals surface area contributed by atoms with E-state index in [4.69, 9.17) is 19.4 Å². The molecule has 0 spiro atoms. The number of methoxy groups -OCH3 is 1. The predicted octanol–water partition coefficient (Wildman–Crippen LogP) is 2.71. The van der Waals surface area contributed by atoms with Gasteiger partial charge in [0.15, 0.2) is 11.6 Å². The molecule has 3 aromatic rings. The van der Waals surface area contributed by atoms with Gasteiger partial charge in [0.25, 0.3) is 0 Å². The average molecular weight is 526 g/mol. The number of fused-ring (bicyclic) bond motifs is 1. The van der Waals surface area contributed by atoms with E-state index in [0.717, 1.165) is 73.1 Å². The van der Waals surface area contributed by atoms with Crippen molar-refractivity contribution in [3.8, 4) is 11.4 Å². The highest BCUT2D eigenvalue weighted by Gasteiger charge is 2.25. The predicted molar refractivity (Wildman–Crippen MR) is 145 cm³/mol. The molecule has 5 rings (SSSR count). The van der Waals surface area contributed by atoms with E-state index in [2.05, 4.69) is 20.9 Å². The van der Waals surface area contributed by atoms with Crippen LogP contribution in [0.5, 0.6) is 0 Å². The lowest BCUT2D eigenvalue weighted by Gasteiger charge is -2.36. The minimum atomic E-state index is 0.0714. The van der Waals surface area contributed by atoms with Gasteiger partial charge in [-0.1, -0.05) is 0 Å². The SMILES string of the molecule is COCCN(C)C(=O)N1CCN(Cc2cc3nc(-c4ccc(C)nc4)nc(N4CCOCC4)c3s2)CC1. The van der Waals surface area contributed by atoms with Gasteiger partial charge >= 0.3 is 6.03 Å². The summed E-state index contributed by atoms with van der Waals surface area (Å²) < 4.78 is 11.8. The smallest absolute Gasteiger partial charge is 0.319 e. The number of carbonyl (C=O) groups excluding carboxylic acids is 1. The fraction of sp³-hybridized carbons (Fsp3) is 0.538. The molecule has 5 heterocycles. The molecule has 2 aliphatic heterocycles. The molecule has 0 atom stereocenters. The Balaban J connectivity index is 1.33. The van der Waals surface area contributed by atoms with Crippen LogP contribution in [0, 0.1) is 6.92 Å². The van der Waals surface area contributed by atoms with Gasteiger partial charge in [-0.05, 0) is 25.1 Å². The van der Waals surface area contributed by atoms with Crippen molar-refractivity contribution in [3.63, 3.8) is 0 Å². The molecule has 2 fully saturated rings. The molecule has 11 heteroatoms. The maximum absolute atomic E-state index is 12.7. The second-order valence-corrected chi connectivity index (χ2v) is 10.7. The van der Waals surface area contributed by atoms with E-state index in [-0.39, 0.29) is 6.03 Å². The number of rotatable bonds is 7. The Morgan fingerprint density at radius 1 is 1.14 bits per heavy atom. The van der Waals surface area contributed by atoms with Crippen molar-refractivity contribution in [2.45, 2.75) is 13.5 Å². The molecular formula is C26H35N7O3S. The Kier molecular flexibility index (Phi) is 8.14. The second-order valence-electron chi connectivity index (χ2n) is 9.55. The monoisotopic (exact) mass is 525 g/mol. The number of nitrogens with zero attached hydrogens (tertiary/aromatic N) is 7. The molecule has 2 aliphatic rings. The van der Waals surface area contributed by atoms with Crippen LogP contribution in [-0.4, -0.2) is 115 Å². The molecule has 0 radical (unpaired) electrons. The van der Waals surface area contributed by atoms with Crippen LogP contribution < -0.4 is 4.90 Å². The maximum Gasteiger partial charge on any atom is 0.319 e. The third kappa shape index (κ3) is 6.01. The van der Waals surface area contributed by atoms with E-state index in [1.165, 1.54) is 4.88 Å². The number of hydrogen-bond acceptors (Lipinski definition) is 9. The van der Waals surface area contributed by atoms with Crippen LogP contribution in [0.3, 0.4) is 0 Å². The molecule has 0 bridgehead atoms. The largest absolute Gasteiger partial charge is 0.383 e. The van der Waals surface area contributed by atoms with Gasteiger partial charge in [0.05, 0.1) is 30.0 Å². The van der Waals surface area contributed by atoms with Crippen molar-refractivity contribution >= 4 is 33.4 Å². The highest BCUT2D eigenvalue weighted by Crippen LogP contribution is 2.35. The van der Waals surface area contributed by atoms with Gasteiger partial charge in [-0.25, -0.2) is 14.8 Å². The molecule has 2 amide bonds. The van der Waals surface area contributed by atoms with Crippen molar-refractivity contribution in [3.05, 3.63) is 35.0 Å². The molecule has 0 aromatic carbocycles. The van der Waals surface area contributed by atoms with Crippen LogP contribution in [0.4, 0.5) is 10.6 Å². The van der Waals surface area contributed by atoms with Crippen molar-refractivity contribution in [2.75, 3.05) is 84.7 Å². The summed E-state index contributed by atoms with van der Waals surface area (Å²) in [5.74, 6) is 1.69. The Hall–Kier alpha value is -2.86. The fourth-order valence-corrected chi connectivity index (χ4v) is 5.80. The zero-order valence-corrected chi connectivity index (χ0v) is 22.7. The topological polar surface area (TPSA) is 87.2 Å². The standard InChI is InChI=1S/C26H35N7O3S/c1-19-4-5-20(17-27-19)24-28-22-16-21(37-23(22)25(29-24)32-11-14-36-15-12-32)18-31-6-8-33(9-7-31)26(34)30(2)10-13-35-3/h4-5,16-17H,6-15,18H2,1-3H3. The minimum absolute atomic E-state index is 0.0714. The van der Waals surface area contributed by atoms with Gasteiger partial charge in [0.1, 0.15) is 0 Å². The van der Waals surface area contributed by atoms with E-state index in [9.17, 15) is 4.79 Å². The van der Waals surface area contributed by atoms with Crippen LogP contribution >= 0.6 is 11.3 Å². The number of piperazine rings is 1. The Morgan fingerprint density at radius 2 is 1.92 bits per heavy atom. The third-order valence-corrected chi connectivity index (χ3v) is 7.97. The number of pyridine rings is 1. The fourth-order valence-electron chi connectivity index (χ4n) is 4.64. The van der Waals surface area contributed by atoms with Gasteiger partial charge in [-0.2, -0.15) is 0 Å². The molecule has 3 aromatic heterocycles. The number of urea groups is 1. The highest BCUT2D eigenvalue weighted by molar-refractivity contribution is 7.19. The zero-order valence-electron chi connectivity index (χ0n) is 21.9. The lowest BCUT2D eigenvalue weighted by atomic mass is 10.2. The molecule has 198 valence electrons. The van der Waals surface area contributed by atoms with E-state index in [0.29, 0.717) is 32.2 Å². The summed E-state index contributed by atoms with van der Waals surface area (Å²) in [4.78, 5) is 36.7. The number of morpholine rings is 1. The lowest BCUT2D eigenvalue weighted by molar-refractivity contribution is 0.105. The van der Waals surface area contributed by atoms with Crippen molar-refractivity contribution in [1.82, 2.24) is 29.7 Å². The highest BCUT2D eigenvalue weighted by atomic mass is 32.1. The van der Waals surface area contributed by atoms with Crippen LogP contribution in [0.15, 0.2) is 24.4 Å². The normalized spacial score (nSPS) is 16.9. The van der Waals surface area contributed by atoms with Gasteiger partial charge < -0.3 is 24.2 Å². The number of anilines is 1. The van der Waals surface area contributed by atoms with Gasteiger partial charge in [-0.3, -0.25) is 9.88 Å². The Labute approximate surface area is 221 Å². The molecule has 0 N–H and O–H groups in total. The molecule has 0 unspecified atom stereocenters. The van der Waals surface area contributed by atoms with Crippen LogP contribution in [-0.2, 0) is 16.0 Å². The van der Waals surface area contributed by atoms with Crippen LogP contribution in [0.25, 0.3) is 21.6 Å². The van der Waals surface area contributed by atoms with Crippen LogP contribution in [0.1, 0.15) is 10.6 Å². The summed E-state index contributed by atoms with van der Waals surface area (Å²) in [6, 6.07) is 6.30. The number of thiophene rings is 1. The summed E-state index contributed by atoms with van der Waals surface area (Å²) >= 11 is 1.77. The maximum atomic E-state index is 12.7. The summed E-state index contributed by atoms with van der Waals surface area (Å²) in [6.45, 7) is 10.2. The first-order valence-electron chi connectivity index (χ1n) is 12.8. The molecule has 37 heavy (non-hydrogen) atoms. The summed E-state index contributed by atoms with van der Waals surface area (Å²) in [5.41, 5.74) is 2.87. The minimum Gasteiger partial charge on any atom is -0.383 e. The summed E-state index contributed by atoms with van der Waals surface area (Å²) in [6.07, 6.45) is 1.85. The number of aromatic nitrogens is 3. The first-order chi connectivity index (χ1) is 18.0. The van der Waals surface area contributed by atoms with E-state index in [1.807, 2.05) is 37.2 Å². The van der Waals surface area contributed by atoms with Gasteiger partial charge in [0, 0.05) is 88.8 Å². The second kappa shape index (κ2) is 11.7. The zero-order chi connectivity index (χ0) is 25.8. The number of likely N-dealkylation sites (N-methyl/N-ethyl adjacent to an activating group) is 1. The van der Waals surface area contributed by atoms with Gasteiger partial charge in [0.2, 0.25) is 0 Å². The van der Waals surface area contributed by atoms with E-state index < -0.39 is 0 Å². The lowest BCUT2D eigenvalue weighted by Crippen LogP contribution is -2.52. The number of ether oxygens (including phenoxy) is 2. The first-order valence-corrected chi connectivity index (χ1v) is 13.6. The van der Waals surface area contributed by atoms with Crippen LogP contribution in [0.2, 0.25) is 0 Å². The number of hydrogen-bond donors (Lipinski definition) is 0.